The normalized spacial score (nSPS) is 21.8. The van der Waals surface area contributed by atoms with E-state index >= 15 is 0 Å². The van der Waals surface area contributed by atoms with Gasteiger partial charge in [0.2, 0.25) is 5.91 Å². The number of imidazole rings is 2. The number of nitrogens with one attached hydrogen (secondary N) is 4. The van der Waals surface area contributed by atoms with E-state index < -0.39 is 6.09 Å². The third-order valence-corrected chi connectivity index (χ3v) is 11.9. The molecule has 2 saturated carbocycles. The Labute approximate surface area is 326 Å². The average molecular weight is 753 g/mol. The molecule has 2 aliphatic carbocycles. The summed E-state index contributed by atoms with van der Waals surface area (Å²) in [5, 5.41) is 5.86. The number of allylic oxidation sites excluding steroid dienone is 1. The van der Waals surface area contributed by atoms with E-state index in [4.69, 9.17) is 9.72 Å². The molecular formula is C44H48N8O4. The molecule has 3 aromatic heterocycles. The fourth-order valence-electron chi connectivity index (χ4n) is 9.06. The summed E-state index contributed by atoms with van der Waals surface area (Å²) in [5.74, 6) is 2.31. The van der Waals surface area contributed by atoms with Crippen molar-refractivity contribution in [3.05, 3.63) is 114 Å². The lowest BCUT2D eigenvalue weighted by Crippen LogP contribution is -2.39. The maximum absolute atomic E-state index is 13.7. The number of alkyl carbamates (subject to hydrolysis) is 1. The number of aromatic amines is 2. The van der Waals surface area contributed by atoms with Crippen molar-refractivity contribution in [2.24, 2.45) is 17.8 Å². The fraction of sp³-hybridized carbons (Fsp3) is 0.364. The second-order valence-corrected chi connectivity index (χ2v) is 15.6. The number of carbonyl (C=O) groups excluding carboxylic acids is 3. The van der Waals surface area contributed by atoms with E-state index in [-0.39, 0.29) is 41.4 Å². The Morgan fingerprint density at radius 1 is 0.821 bits per heavy atom. The second-order valence-electron chi connectivity index (χ2n) is 15.6. The summed E-state index contributed by atoms with van der Waals surface area (Å²) >= 11 is 0. The standard InChI is InChI=1S/C44H48N8O4/c1-25(2)39(51-44(55)56-4)43(54)52-20-6-8-36(52)40-46-23-34(49-40)29-13-9-27(10-14-29)28-11-15-30(16-12-28)35-24-47-41(50-35)37-31-17-18-32(21-31)38(37)42(53)48-26(3)33-7-5-19-45-22-33/h5,7,9-16,19,22-24,26,31-32,36-38H,6,8,17-18,20-21H2,1-4H3,(H,46,49)(H,47,50)(H,48,53)(H,51,55)/t26-,31-,32+,36-,37+,38+/m0/s1. The minimum atomic E-state index is -0.674. The zero-order valence-corrected chi connectivity index (χ0v) is 32.2. The maximum Gasteiger partial charge on any atom is 0.411 e. The molecule has 12 heteroatoms. The van der Waals surface area contributed by atoms with Crippen LogP contribution in [0.25, 0.3) is 33.6 Å². The minimum Gasteiger partial charge on any atom is -0.453 e. The molecular weight excluding hydrogens is 705 g/mol. The Kier molecular flexibility index (Phi) is 10.3. The molecule has 1 saturated heterocycles. The Morgan fingerprint density at radius 2 is 1.45 bits per heavy atom. The number of aromatic nitrogens is 5. The highest BCUT2D eigenvalue weighted by molar-refractivity contribution is 5.97. The first-order valence-corrected chi connectivity index (χ1v) is 19.5. The number of benzene rings is 2. The van der Waals surface area contributed by atoms with Crippen LogP contribution in [0.15, 0.2) is 96.7 Å². The van der Waals surface area contributed by atoms with Crippen molar-refractivity contribution in [3.8, 4) is 33.6 Å². The maximum atomic E-state index is 13.7. The first-order valence-electron chi connectivity index (χ1n) is 19.5. The quantitative estimate of drug-likeness (QED) is 0.106. The summed E-state index contributed by atoms with van der Waals surface area (Å²) in [7, 11) is 1.27. The molecule has 56 heavy (non-hydrogen) atoms. The molecule has 3 amide bonds. The van der Waals surface area contributed by atoms with Gasteiger partial charge in [-0.1, -0.05) is 54.6 Å². The van der Waals surface area contributed by atoms with Gasteiger partial charge in [-0.25, -0.2) is 14.8 Å². The van der Waals surface area contributed by atoms with E-state index in [1.165, 1.54) is 7.11 Å². The van der Waals surface area contributed by atoms with E-state index in [9.17, 15) is 14.4 Å². The van der Waals surface area contributed by atoms with E-state index in [0.717, 1.165) is 77.1 Å². The lowest BCUT2D eigenvalue weighted by Gasteiger charge is -2.30. The van der Waals surface area contributed by atoms with E-state index in [0.29, 0.717) is 29.8 Å². The number of H-pyrrole nitrogens is 2. The first-order chi connectivity index (χ1) is 27.2. The van der Waals surface area contributed by atoms with Gasteiger partial charge < -0.3 is 24.9 Å². The largest absolute Gasteiger partial charge is 0.453 e. The summed E-state index contributed by atoms with van der Waals surface area (Å²) in [6.07, 6.45) is 11.5. The molecule has 3 aliphatic rings. The van der Waals surface area contributed by atoms with Crippen molar-refractivity contribution < 1.29 is 19.1 Å². The van der Waals surface area contributed by atoms with Crippen LogP contribution < -0.4 is 10.6 Å². The van der Waals surface area contributed by atoms with Crippen LogP contribution in [0.1, 0.15) is 88.1 Å². The van der Waals surface area contributed by atoms with E-state index in [2.05, 4.69) is 79.1 Å². The van der Waals surface area contributed by atoms with Crippen molar-refractivity contribution in [1.29, 1.82) is 0 Å². The number of fused-ring (bicyclic) bond motifs is 2. The highest BCUT2D eigenvalue weighted by Gasteiger charge is 2.52. The number of pyridine rings is 1. The number of carbonyl (C=O) groups is 3. The molecule has 0 unspecified atom stereocenters. The molecule has 4 N–H and O–H groups in total. The zero-order valence-electron chi connectivity index (χ0n) is 32.2. The number of ether oxygens (including phenoxy) is 1. The monoisotopic (exact) mass is 752 g/mol. The summed E-state index contributed by atoms with van der Waals surface area (Å²) in [4.78, 5) is 61.7. The predicted molar refractivity (Wildman–Crippen MR) is 213 cm³/mol. The second kappa shape index (κ2) is 15.6. The van der Waals surface area contributed by atoms with Gasteiger partial charge in [0.1, 0.15) is 17.3 Å². The number of methoxy groups -OCH3 is 1. The van der Waals surface area contributed by atoms with Crippen LogP contribution in [0.2, 0.25) is 0 Å². The van der Waals surface area contributed by atoms with E-state index in [1.54, 1.807) is 24.9 Å². The molecule has 2 bridgehead atoms. The topological polar surface area (TPSA) is 158 Å². The summed E-state index contributed by atoms with van der Waals surface area (Å²) < 4.78 is 4.73. The molecule has 3 fully saturated rings. The van der Waals surface area contributed by atoms with Crippen LogP contribution in [0, 0.1) is 17.8 Å². The molecule has 12 nitrogen and oxygen atoms in total. The van der Waals surface area contributed by atoms with Crippen molar-refractivity contribution in [3.63, 3.8) is 0 Å². The van der Waals surface area contributed by atoms with Gasteiger partial charge in [0.05, 0.1) is 48.9 Å². The third kappa shape index (κ3) is 7.23. The predicted octanol–water partition coefficient (Wildman–Crippen LogP) is 7.85. The minimum absolute atomic E-state index is 0.0811. The number of likely N-dealkylation sites (tertiary alicyclic amines) is 1. The SMILES string of the molecule is COC(=O)NC(C(=O)N1CCC[C@H]1c1ncc(-c2ccc(-c3ccc(-c4cnc([C@@H]5[C@H]6CC[C@H](C6)[C@H]5C(=O)N[C@@H](C)c5cccnc5)[nH]4)cc3)cc2)[nH]1)=C(C)C. The van der Waals surface area contributed by atoms with Gasteiger partial charge in [-0.15, -0.1) is 0 Å². The highest BCUT2D eigenvalue weighted by Crippen LogP contribution is 2.56. The Morgan fingerprint density at radius 3 is 2.07 bits per heavy atom. The van der Waals surface area contributed by atoms with Gasteiger partial charge in [-0.3, -0.25) is 19.9 Å². The van der Waals surface area contributed by atoms with Crippen molar-refractivity contribution in [1.82, 2.24) is 40.5 Å². The summed E-state index contributed by atoms with van der Waals surface area (Å²) in [6, 6.07) is 20.4. The van der Waals surface area contributed by atoms with Crippen LogP contribution in [0.5, 0.6) is 0 Å². The zero-order chi connectivity index (χ0) is 38.9. The van der Waals surface area contributed by atoms with Crippen molar-refractivity contribution in [2.75, 3.05) is 13.7 Å². The van der Waals surface area contributed by atoms with Crippen LogP contribution >= 0.6 is 0 Å². The van der Waals surface area contributed by atoms with Crippen LogP contribution in [0.4, 0.5) is 4.79 Å². The molecule has 4 heterocycles. The van der Waals surface area contributed by atoms with Gasteiger partial charge in [-0.05, 0) is 104 Å². The number of hydrogen-bond donors (Lipinski definition) is 4. The van der Waals surface area contributed by atoms with Gasteiger partial charge >= 0.3 is 6.09 Å². The van der Waals surface area contributed by atoms with Crippen LogP contribution in [0.3, 0.4) is 0 Å². The molecule has 288 valence electrons. The first kappa shape index (κ1) is 36.9. The van der Waals surface area contributed by atoms with Gasteiger partial charge in [-0.2, -0.15) is 0 Å². The Balaban J connectivity index is 0.926. The summed E-state index contributed by atoms with van der Waals surface area (Å²) in [6.45, 7) is 6.17. The third-order valence-electron chi connectivity index (χ3n) is 11.9. The summed E-state index contributed by atoms with van der Waals surface area (Å²) in [5.41, 5.74) is 7.95. The number of amides is 3. The van der Waals surface area contributed by atoms with Crippen molar-refractivity contribution in [2.45, 2.75) is 70.9 Å². The van der Waals surface area contributed by atoms with Crippen LogP contribution in [-0.2, 0) is 14.3 Å². The van der Waals surface area contributed by atoms with Gasteiger partial charge in [0.25, 0.3) is 5.91 Å². The fourth-order valence-corrected chi connectivity index (χ4v) is 9.06. The molecule has 1 aliphatic heterocycles. The van der Waals surface area contributed by atoms with Crippen LogP contribution in [-0.4, -0.2) is 61.4 Å². The number of nitrogens with zero attached hydrogens (tertiary/aromatic N) is 4. The van der Waals surface area contributed by atoms with E-state index in [1.807, 2.05) is 37.6 Å². The van der Waals surface area contributed by atoms with Crippen molar-refractivity contribution >= 4 is 17.9 Å². The molecule has 0 spiro atoms. The average Bonchev–Trinajstić information content (AvgIpc) is 4.08. The Bertz CT molecular complexity index is 2240. The molecule has 8 rings (SSSR count). The number of hydrogen-bond acceptors (Lipinski definition) is 7. The molecule has 0 radical (unpaired) electrons. The lowest BCUT2D eigenvalue weighted by molar-refractivity contribution is -0.129. The highest BCUT2D eigenvalue weighted by atomic mass is 16.5. The Hall–Kier alpha value is -6.04. The molecule has 2 aromatic carbocycles. The lowest BCUT2D eigenvalue weighted by atomic mass is 9.78. The van der Waals surface area contributed by atoms with Gasteiger partial charge in [0.15, 0.2) is 0 Å². The number of rotatable bonds is 10. The smallest absolute Gasteiger partial charge is 0.411 e. The molecule has 6 atom stereocenters. The van der Waals surface area contributed by atoms with Gasteiger partial charge in [0, 0.05) is 24.9 Å². The molecule has 5 aromatic rings.